The molecule has 0 aliphatic heterocycles. The standard InChI is InChI=1S/C13H16N2O5/c16-12(17)9-4-3-5-10(15(19)20)11(9)14-8-13(18)6-1-2-7-13/h3-5,14,18H,1-2,6-8H2,(H,16,17). The summed E-state index contributed by atoms with van der Waals surface area (Å²) in [6.45, 7) is 0.109. The lowest BCUT2D eigenvalue weighted by atomic mass is 10.0. The second-order valence-electron chi connectivity index (χ2n) is 5.05. The van der Waals surface area contributed by atoms with Gasteiger partial charge in [0, 0.05) is 12.6 Å². The fourth-order valence-electron chi connectivity index (χ4n) is 2.52. The van der Waals surface area contributed by atoms with Gasteiger partial charge in [-0.3, -0.25) is 10.1 Å². The third-order valence-corrected chi connectivity index (χ3v) is 3.60. The molecule has 1 fully saturated rings. The Kier molecular flexibility index (Phi) is 3.89. The Morgan fingerprint density at radius 3 is 2.60 bits per heavy atom. The average Bonchev–Trinajstić information content (AvgIpc) is 2.83. The number of carboxylic acid groups (broad SMARTS) is 1. The van der Waals surface area contributed by atoms with Crippen LogP contribution < -0.4 is 5.32 Å². The maximum Gasteiger partial charge on any atom is 0.338 e. The number of nitro groups is 1. The Labute approximate surface area is 115 Å². The summed E-state index contributed by atoms with van der Waals surface area (Å²) in [5.74, 6) is -1.24. The van der Waals surface area contributed by atoms with Gasteiger partial charge in [-0.2, -0.15) is 0 Å². The minimum Gasteiger partial charge on any atom is -0.478 e. The van der Waals surface area contributed by atoms with Gasteiger partial charge >= 0.3 is 5.97 Å². The van der Waals surface area contributed by atoms with Crippen LogP contribution in [0.25, 0.3) is 0 Å². The van der Waals surface area contributed by atoms with Crippen LogP contribution in [0.4, 0.5) is 11.4 Å². The van der Waals surface area contributed by atoms with Gasteiger partial charge in [0.25, 0.3) is 5.69 Å². The van der Waals surface area contributed by atoms with E-state index in [2.05, 4.69) is 5.32 Å². The molecule has 7 nitrogen and oxygen atoms in total. The van der Waals surface area contributed by atoms with Gasteiger partial charge in [-0.15, -0.1) is 0 Å². The molecule has 3 N–H and O–H groups in total. The fraction of sp³-hybridized carbons (Fsp3) is 0.462. The van der Waals surface area contributed by atoms with Crippen molar-refractivity contribution in [1.29, 1.82) is 0 Å². The molecule has 2 rings (SSSR count). The molecule has 0 atom stereocenters. The molecule has 1 saturated carbocycles. The Balaban J connectivity index is 2.28. The molecule has 0 amide bonds. The number of anilines is 1. The molecule has 0 heterocycles. The number of nitro benzene ring substituents is 1. The van der Waals surface area contributed by atoms with Gasteiger partial charge in [-0.1, -0.05) is 18.9 Å². The van der Waals surface area contributed by atoms with Gasteiger partial charge in [-0.05, 0) is 18.9 Å². The minimum atomic E-state index is -1.24. The summed E-state index contributed by atoms with van der Waals surface area (Å²) >= 11 is 0. The van der Waals surface area contributed by atoms with Crippen LogP contribution in [-0.2, 0) is 0 Å². The van der Waals surface area contributed by atoms with E-state index in [0.29, 0.717) is 12.8 Å². The van der Waals surface area contributed by atoms with Crippen molar-refractivity contribution in [2.24, 2.45) is 0 Å². The number of rotatable bonds is 5. The molecule has 1 aliphatic carbocycles. The summed E-state index contributed by atoms with van der Waals surface area (Å²) in [5, 5.41) is 33.1. The number of nitrogens with zero attached hydrogens (tertiary/aromatic N) is 1. The molecule has 1 aromatic carbocycles. The molecule has 20 heavy (non-hydrogen) atoms. The van der Waals surface area contributed by atoms with E-state index in [4.69, 9.17) is 5.11 Å². The quantitative estimate of drug-likeness (QED) is 0.561. The number of benzene rings is 1. The first-order chi connectivity index (χ1) is 9.43. The largest absolute Gasteiger partial charge is 0.478 e. The van der Waals surface area contributed by atoms with Crippen LogP contribution in [0.5, 0.6) is 0 Å². The first kappa shape index (κ1) is 14.3. The number of carbonyl (C=O) groups is 1. The van der Waals surface area contributed by atoms with Crippen molar-refractivity contribution in [1.82, 2.24) is 0 Å². The van der Waals surface area contributed by atoms with E-state index in [1.54, 1.807) is 0 Å². The van der Waals surface area contributed by atoms with Crippen LogP contribution in [0.3, 0.4) is 0 Å². The summed E-state index contributed by atoms with van der Waals surface area (Å²) in [6.07, 6.45) is 3.04. The number of aliphatic hydroxyl groups is 1. The maximum atomic E-state index is 11.1. The van der Waals surface area contributed by atoms with E-state index in [-0.39, 0.29) is 23.5 Å². The van der Waals surface area contributed by atoms with Gasteiger partial charge < -0.3 is 15.5 Å². The van der Waals surface area contributed by atoms with Crippen LogP contribution in [-0.4, -0.2) is 33.3 Å². The number of nitrogens with one attached hydrogen (secondary N) is 1. The molecule has 0 bridgehead atoms. The third kappa shape index (κ3) is 2.88. The summed E-state index contributed by atoms with van der Waals surface area (Å²) < 4.78 is 0. The van der Waals surface area contributed by atoms with Crippen molar-refractivity contribution in [3.8, 4) is 0 Å². The Bertz CT molecular complexity index is 505. The van der Waals surface area contributed by atoms with E-state index in [0.717, 1.165) is 12.8 Å². The van der Waals surface area contributed by atoms with E-state index in [1.807, 2.05) is 0 Å². The smallest absolute Gasteiger partial charge is 0.338 e. The number of aromatic carboxylic acids is 1. The average molecular weight is 280 g/mol. The lowest BCUT2D eigenvalue weighted by Crippen LogP contribution is -2.34. The number of hydrogen-bond acceptors (Lipinski definition) is 5. The third-order valence-electron chi connectivity index (χ3n) is 3.60. The van der Waals surface area contributed by atoms with E-state index < -0.39 is 16.5 Å². The molecule has 7 heteroatoms. The van der Waals surface area contributed by atoms with Crippen LogP contribution >= 0.6 is 0 Å². The second kappa shape index (κ2) is 5.46. The van der Waals surface area contributed by atoms with Crippen molar-refractivity contribution in [3.63, 3.8) is 0 Å². The molecular formula is C13H16N2O5. The lowest BCUT2D eigenvalue weighted by molar-refractivity contribution is -0.384. The van der Waals surface area contributed by atoms with Crippen LogP contribution in [0, 0.1) is 10.1 Å². The molecule has 0 unspecified atom stereocenters. The molecule has 0 aromatic heterocycles. The van der Waals surface area contributed by atoms with E-state index >= 15 is 0 Å². The van der Waals surface area contributed by atoms with Crippen molar-refractivity contribution < 1.29 is 19.9 Å². The number of hydrogen-bond donors (Lipinski definition) is 3. The Hall–Kier alpha value is -2.15. The van der Waals surface area contributed by atoms with Crippen molar-refractivity contribution >= 4 is 17.3 Å². The Morgan fingerprint density at radius 2 is 2.05 bits per heavy atom. The van der Waals surface area contributed by atoms with Crippen LogP contribution in [0.2, 0.25) is 0 Å². The van der Waals surface area contributed by atoms with Gasteiger partial charge in [0.05, 0.1) is 16.1 Å². The molecule has 1 aromatic rings. The molecule has 1 aliphatic rings. The topological polar surface area (TPSA) is 113 Å². The van der Waals surface area contributed by atoms with Crippen LogP contribution in [0.1, 0.15) is 36.0 Å². The zero-order valence-electron chi connectivity index (χ0n) is 10.8. The molecule has 0 spiro atoms. The SMILES string of the molecule is O=C(O)c1cccc([N+](=O)[O-])c1NCC1(O)CCCC1. The summed E-state index contributed by atoms with van der Waals surface area (Å²) in [6, 6.07) is 3.88. The van der Waals surface area contributed by atoms with Gasteiger partial charge in [0.1, 0.15) is 5.69 Å². The minimum absolute atomic E-state index is 0.0506. The molecule has 0 saturated heterocycles. The highest BCUT2D eigenvalue weighted by atomic mass is 16.6. The lowest BCUT2D eigenvalue weighted by Gasteiger charge is -2.23. The fourth-order valence-corrected chi connectivity index (χ4v) is 2.52. The number of carboxylic acids is 1. The first-order valence-corrected chi connectivity index (χ1v) is 6.40. The predicted octanol–water partition coefficient (Wildman–Crippen LogP) is 2.01. The second-order valence-corrected chi connectivity index (χ2v) is 5.05. The van der Waals surface area contributed by atoms with Crippen molar-refractivity contribution in [3.05, 3.63) is 33.9 Å². The summed E-state index contributed by atoms with van der Waals surface area (Å²) in [4.78, 5) is 21.5. The molecule has 0 radical (unpaired) electrons. The van der Waals surface area contributed by atoms with Crippen molar-refractivity contribution in [2.75, 3.05) is 11.9 Å². The summed E-state index contributed by atoms with van der Waals surface area (Å²) in [5.41, 5.74) is -1.43. The van der Waals surface area contributed by atoms with E-state index in [9.17, 15) is 20.0 Å². The Morgan fingerprint density at radius 1 is 1.40 bits per heavy atom. The van der Waals surface area contributed by atoms with Gasteiger partial charge in [0.2, 0.25) is 0 Å². The van der Waals surface area contributed by atoms with Crippen LogP contribution in [0.15, 0.2) is 18.2 Å². The molecule has 108 valence electrons. The highest BCUT2D eigenvalue weighted by Crippen LogP contribution is 2.33. The number of para-hydroxylation sites is 1. The first-order valence-electron chi connectivity index (χ1n) is 6.40. The zero-order chi connectivity index (χ0) is 14.8. The normalized spacial score (nSPS) is 16.9. The maximum absolute atomic E-state index is 11.1. The summed E-state index contributed by atoms with van der Waals surface area (Å²) in [7, 11) is 0. The monoisotopic (exact) mass is 280 g/mol. The van der Waals surface area contributed by atoms with Gasteiger partial charge in [-0.25, -0.2) is 4.79 Å². The van der Waals surface area contributed by atoms with Crippen molar-refractivity contribution in [2.45, 2.75) is 31.3 Å². The van der Waals surface area contributed by atoms with E-state index in [1.165, 1.54) is 18.2 Å². The highest BCUT2D eigenvalue weighted by Gasteiger charge is 2.32. The molecular weight excluding hydrogens is 264 g/mol. The van der Waals surface area contributed by atoms with Gasteiger partial charge in [0.15, 0.2) is 0 Å². The highest BCUT2D eigenvalue weighted by molar-refractivity contribution is 5.96. The zero-order valence-corrected chi connectivity index (χ0v) is 10.8. The predicted molar refractivity (Wildman–Crippen MR) is 72.0 cm³/mol.